The van der Waals surface area contributed by atoms with Crippen molar-refractivity contribution in [1.82, 2.24) is 5.43 Å². The van der Waals surface area contributed by atoms with E-state index in [9.17, 15) is 4.79 Å². The van der Waals surface area contributed by atoms with E-state index >= 15 is 0 Å². The summed E-state index contributed by atoms with van der Waals surface area (Å²) in [5.74, 6) is 4.94. The van der Waals surface area contributed by atoms with Crippen molar-refractivity contribution in [3.63, 3.8) is 0 Å². The minimum absolute atomic E-state index is 0.115. The second-order valence-electron chi connectivity index (χ2n) is 4.40. The van der Waals surface area contributed by atoms with Crippen LogP contribution in [0.4, 0.5) is 0 Å². The van der Waals surface area contributed by atoms with Gasteiger partial charge < -0.3 is 4.74 Å². The molecule has 3 N–H and O–H groups in total. The minimum atomic E-state index is -0.477. The summed E-state index contributed by atoms with van der Waals surface area (Å²) >= 11 is 0. The molecule has 1 amide bonds. The SMILES string of the molecule is CCC(C)(C)OC(C(=O)NN)C(C)C. The molecule has 0 radical (unpaired) electrons. The lowest BCUT2D eigenvalue weighted by molar-refractivity contribution is -0.149. The molecule has 0 bridgehead atoms. The Morgan fingerprint density at radius 1 is 1.50 bits per heavy atom. The summed E-state index contributed by atoms with van der Waals surface area (Å²) in [6, 6.07) is 0. The van der Waals surface area contributed by atoms with E-state index in [1.165, 1.54) is 0 Å². The van der Waals surface area contributed by atoms with Gasteiger partial charge in [0.05, 0.1) is 5.60 Å². The number of hydrogen-bond donors (Lipinski definition) is 2. The van der Waals surface area contributed by atoms with Gasteiger partial charge in [0.2, 0.25) is 0 Å². The molecular formula is C10H22N2O2. The molecule has 84 valence electrons. The van der Waals surface area contributed by atoms with Gasteiger partial charge in [0.15, 0.2) is 0 Å². The van der Waals surface area contributed by atoms with Crippen molar-refractivity contribution in [1.29, 1.82) is 0 Å². The molecule has 0 heterocycles. The summed E-state index contributed by atoms with van der Waals surface area (Å²) in [5, 5.41) is 0. The summed E-state index contributed by atoms with van der Waals surface area (Å²) in [5.41, 5.74) is 1.84. The van der Waals surface area contributed by atoms with Gasteiger partial charge in [-0.05, 0) is 26.2 Å². The maximum atomic E-state index is 11.4. The number of nitrogens with two attached hydrogens (primary N) is 1. The smallest absolute Gasteiger partial charge is 0.263 e. The zero-order valence-corrected chi connectivity index (χ0v) is 9.76. The lowest BCUT2D eigenvalue weighted by atomic mass is 10.0. The first-order valence-corrected chi connectivity index (χ1v) is 5.02. The predicted octanol–water partition coefficient (Wildman–Crippen LogP) is 1.21. The fourth-order valence-electron chi connectivity index (χ4n) is 1.00. The van der Waals surface area contributed by atoms with Crippen molar-refractivity contribution in [3.05, 3.63) is 0 Å². The van der Waals surface area contributed by atoms with Crippen LogP contribution < -0.4 is 11.3 Å². The van der Waals surface area contributed by atoms with Crippen molar-refractivity contribution >= 4 is 5.91 Å². The van der Waals surface area contributed by atoms with Gasteiger partial charge in [0, 0.05) is 0 Å². The maximum Gasteiger partial charge on any atom is 0.263 e. The minimum Gasteiger partial charge on any atom is -0.362 e. The van der Waals surface area contributed by atoms with Crippen LogP contribution in [0.2, 0.25) is 0 Å². The molecule has 4 nitrogen and oxygen atoms in total. The van der Waals surface area contributed by atoms with E-state index in [-0.39, 0.29) is 17.4 Å². The molecule has 0 aromatic rings. The van der Waals surface area contributed by atoms with Crippen LogP contribution in [0.3, 0.4) is 0 Å². The maximum absolute atomic E-state index is 11.4. The van der Waals surface area contributed by atoms with Crippen LogP contribution in [0, 0.1) is 5.92 Å². The molecule has 0 rings (SSSR count). The topological polar surface area (TPSA) is 64.3 Å². The largest absolute Gasteiger partial charge is 0.362 e. The van der Waals surface area contributed by atoms with Crippen LogP contribution in [0.25, 0.3) is 0 Å². The lowest BCUT2D eigenvalue weighted by Crippen LogP contribution is -2.46. The zero-order valence-electron chi connectivity index (χ0n) is 9.76. The summed E-state index contributed by atoms with van der Waals surface area (Å²) in [6.07, 6.45) is 0.378. The highest BCUT2D eigenvalue weighted by Crippen LogP contribution is 2.20. The molecule has 0 saturated carbocycles. The Morgan fingerprint density at radius 2 is 2.00 bits per heavy atom. The van der Waals surface area contributed by atoms with E-state index < -0.39 is 6.10 Å². The van der Waals surface area contributed by atoms with Gasteiger partial charge in [0.25, 0.3) is 5.91 Å². The average Bonchev–Trinajstić information content (AvgIpc) is 2.13. The quantitative estimate of drug-likeness (QED) is 0.400. The number of nitrogens with one attached hydrogen (secondary N) is 1. The van der Waals surface area contributed by atoms with Crippen molar-refractivity contribution < 1.29 is 9.53 Å². The summed E-state index contributed by atoms with van der Waals surface area (Å²) in [6.45, 7) is 9.83. The lowest BCUT2D eigenvalue weighted by Gasteiger charge is -2.30. The predicted molar refractivity (Wildman–Crippen MR) is 56.4 cm³/mol. The van der Waals surface area contributed by atoms with E-state index in [4.69, 9.17) is 10.6 Å². The van der Waals surface area contributed by atoms with Gasteiger partial charge in [0.1, 0.15) is 6.10 Å². The van der Waals surface area contributed by atoms with Gasteiger partial charge in [-0.15, -0.1) is 0 Å². The number of rotatable bonds is 5. The van der Waals surface area contributed by atoms with Crippen molar-refractivity contribution in [2.45, 2.75) is 52.7 Å². The van der Waals surface area contributed by atoms with Crippen molar-refractivity contribution in [2.75, 3.05) is 0 Å². The molecule has 0 aliphatic rings. The fraction of sp³-hybridized carbons (Fsp3) is 0.900. The first-order valence-electron chi connectivity index (χ1n) is 5.02. The number of ether oxygens (including phenoxy) is 1. The van der Waals surface area contributed by atoms with Crippen LogP contribution in [0.1, 0.15) is 41.0 Å². The molecule has 4 heteroatoms. The molecule has 1 unspecified atom stereocenters. The number of hydrogen-bond acceptors (Lipinski definition) is 3. The molecule has 14 heavy (non-hydrogen) atoms. The zero-order chi connectivity index (χ0) is 11.4. The molecule has 0 spiro atoms. The van der Waals surface area contributed by atoms with E-state index in [2.05, 4.69) is 5.43 Å². The highest BCUT2D eigenvalue weighted by atomic mass is 16.5. The Morgan fingerprint density at radius 3 is 2.29 bits per heavy atom. The second-order valence-corrected chi connectivity index (χ2v) is 4.40. The first kappa shape index (κ1) is 13.4. The van der Waals surface area contributed by atoms with Crippen LogP contribution in [0.15, 0.2) is 0 Å². The fourth-order valence-corrected chi connectivity index (χ4v) is 1.00. The van der Waals surface area contributed by atoms with E-state index in [0.717, 1.165) is 6.42 Å². The molecule has 0 aromatic carbocycles. The van der Waals surface area contributed by atoms with E-state index in [1.807, 2.05) is 34.6 Å². The van der Waals surface area contributed by atoms with Gasteiger partial charge in [-0.25, -0.2) is 5.84 Å². The highest BCUT2D eigenvalue weighted by Gasteiger charge is 2.29. The summed E-state index contributed by atoms with van der Waals surface area (Å²) < 4.78 is 5.71. The monoisotopic (exact) mass is 202 g/mol. The number of carbonyl (C=O) groups is 1. The Kier molecular flexibility index (Phi) is 5.08. The Labute approximate surface area is 86.2 Å². The van der Waals surface area contributed by atoms with Crippen molar-refractivity contribution in [3.8, 4) is 0 Å². The van der Waals surface area contributed by atoms with Gasteiger partial charge >= 0.3 is 0 Å². The van der Waals surface area contributed by atoms with Crippen molar-refractivity contribution in [2.24, 2.45) is 11.8 Å². The molecule has 0 aliphatic carbocycles. The van der Waals surface area contributed by atoms with Crippen LogP contribution in [0.5, 0.6) is 0 Å². The second kappa shape index (κ2) is 5.32. The third-order valence-electron chi connectivity index (χ3n) is 2.30. The van der Waals surface area contributed by atoms with Gasteiger partial charge in [-0.1, -0.05) is 20.8 Å². The van der Waals surface area contributed by atoms with Gasteiger partial charge in [-0.2, -0.15) is 0 Å². The Balaban J connectivity index is 4.46. The molecule has 0 fully saturated rings. The van der Waals surface area contributed by atoms with E-state index in [0.29, 0.717) is 0 Å². The number of amides is 1. The Bertz CT molecular complexity index is 191. The summed E-state index contributed by atoms with van der Waals surface area (Å²) in [7, 11) is 0. The molecule has 1 atom stereocenters. The average molecular weight is 202 g/mol. The van der Waals surface area contributed by atoms with Crippen LogP contribution in [-0.2, 0) is 9.53 Å². The number of carbonyl (C=O) groups excluding carboxylic acids is 1. The first-order chi connectivity index (χ1) is 6.34. The third kappa shape index (κ3) is 4.07. The normalized spacial score (nSPS) is 14.2. The molecular weight excluding hydrogens is 180 g/mol. The third-order valence-corrected chi connectivity index (χ3v) is 2.30. The van der Waals surface area contributed by atoms with Crippen LogP contribution >= 0.6 is 0 Å². The standard InChI is InChI=1S/C10H22N2O2/c1-6-10(4,5)14-8(7(2)3)9(13)12-11/h7-8H,6,11H2,1-5H3,(H,12,13). The highest BCUT2D eigenvalue weighted by molar-refractivity contribution is 5.80. The van der Waals surface area contributed by atoms with Gasteiger partial charge in [-0.3, -0.25) is 10.2 Å². The molecule has 0 aliphatic heterocycles. The summed E-state index contributed by atoms with van der Waals surface area (Å²) in [4.78, 5) is 11.4. The molecule has 0 saturated heterocycles. The Hall–Kier alpha value is -0.610. The molecule has 0 aromatic heterocycles. The van der Waals surface area contributed by atoms with E-state index in [1.54, 1.807) is 0 Å². The van der Waals surface area contributed by atoms with Crippen LogP contribution in [-0.4, -0.2) is 17.6 Å². The number of hydrazine groups is 1.